The lowest BCUT2D eigenvalue weighted by Crippen LogP contribution is -2.35. The first-order chi connectivity index (χ1) is 10.9. The molecule has 0 aliphatic carbocycles. The lowest BCUT2D eigenvalue weighted by molar-refractivity contribution is -0.137. The van der Waals surface area contributed by atoms with Gasteiger partial charge in [-0.2, -0.15) is 0 Å². The number of carbonyl (C=O) groups is 2. The number of Topliss-reactive ketones (excluding diaryl/α,β-unsaturated/α-hetero) is 1. The molecule has 0 aliphatic heterocycles. The molecule has 0 spiro atoms. The van der Waals surface area contributed by atoms with Crippen molar-refractivity contribution in [1.82, 2.24) is 4.90 Å². The maximum atomic E-state index is 12.8. The quantitative estimate of drug-likeness (QED) is 0.668. The average Bonchev–Trinajstić information content (AvgIpc) is 2.48. The van der Waals surface area contributed by atoms with Crippen molar-refractivity contribution in [3.8, 4) is 0 Å². The molecule has 4 nitrogen and oxygen atoms in total. The fourth-order valence-electron chi connectivity index (χ4n) is 2.82. The molecule has 1 N–H and O–H groups in total. The molecule has 1 aromatic rings. The molecule has 0 heterocycles. The Morgan fingerprint density at radius 1 is 1.09 bits per heavy atom. The third-order valence-electron chi connectivity index (χ3n) is 4.14. The van der Waals surface area contributed by atoms with Gasteiger partial charge in [0.25, 0.3) is 0 Å². The summed E-state index contributed by atoms with van der Waals surface area (Å²) in [6, 6.07) is 5.61. The minimum atomic E-state index is -0.917. The largest absolute Gasteiger partial charge is 0.481 e. The van der Waals surface area contributed by atoms with Gasteiger partial charge < -0.3 is 10.0 Å². The highest BCUT2D eigenvalue weighted by Gasteiger charge is 2.25. The number of rotatable bonds is 10. The zero-order valence-electron chi connectivity index (χ0n) is 14.8. The zero-order chi connectivity index (χ0) is 17.4. The molecule has 0 amide bonds. The summed E-state index contributed by atoms with van der Waals surface area (Å²) in [4.78, 5) is 26.2. The summed E-state index contributed by atoms with van der Waals surface area (Å²) in [5.41, 5.74) is 2.81. The normalized spacial score (nSPS) is 12.4. The molecule has 0 aromatic heterocycles. The molecule has 0 fully saturated rings. The van der Waals surface area contributed by atoms with Gasteiger partial charge in [0.1, 0.15) is 0 Å². The topological polar surface area (TPSA) is 57.6 Å². The van der Waals surface area contributed by atoms with E-state index in [9.17, 15) is 14.7 Å². The van der Waals surface area contributed by atoms with Crippen LogP contribution < -0.4 is 0 Å². The average molecular weight is 319 g/mol. The first-order valence-corrected chi connectivity index (χ1v) is 8.44. The summed E-state index contributed by atoms with van der Waals surface area (Å²) in [6.45, 7) is 10.5. The van der Waals surface area contributed by atoms with Crippen molar-refractivity contribution >= 4 is 11.8 Å². The van der Waals surface area contributed by atoms with Crippen LogP contribution in [0.3, 0.4) is 0 Å². The van der Waals surface area contributed by atoms with E-state index in [0.717, 1.165) is 37.1 Å². The standard InChI is InChI=1S/C19H29NO3/c1-5-9-20(10-6-2)13-17(12-18(21)22)19(23)16-8-7-14(3)15(4)11-16/h7-8,11,17H,5-6,9-10,12-13H2,1-4H3,(H,21,22). The molecule has 0 saturated carbocycles. The number of carbonyl (C=O) groups excluding carboxylic acids is 1. The molecular formula is C19H29NO3. The molecule has 23 heavy (non-hydrogen) atoms. The van der Waals surface area contributed by atoms with Crippen molar-refractivity contribution in [1.29, 1.82) is 0 Å². The predicted octanol–water partition coefficient (Wildman–Crippen LogP) is 3.70. The van der Waals surface area contributed by atoms with Gasteiger partial charge in [-0.3, -0.25) is 9.59 Å². The van der Waals surface area contributed by atoms with Gasteiger partial charge in [0.05, 0.1) is 6.42 Å². The molecule has 1 rings (SSSR count). The van der Waals surface area contributed by atoms with E-state index < -0.39 is 11.9 Å². The van der Waals surface area contributed by atoms with Crippen LogP contribution in [-0.2, 0) is 4.79 Å². The van der Waals surface area contributed by atoms with Crippen molar-refractivity contribution in [2.45, 2.75) is 47.0 Å². The molecule has 1 aromatic carbocycles. The Balaban J connectivity index is 2.96. The Morgan fingerprint density at radius 2 is 1.70 bits per heavy atom. The van der Waals surface area contributed by atoms with Gasteiger partial charge in [-0.25, -0.2) is 0 Å². The molecule has 1 atom stereocenters. The van der Waals surface area contributed by atoms with Crippen LogP contribution >= 0.6 is 0 Å². The monoisotopic (exact) mass is 319 g/mol. The molecule has 0 radical (unpaired) electrons. The second kappa shape index (κ2) is 9.46. The molecule has 0 saturated heterocycles. The van der Waals surface area contributed by atoms with Gasteiger partial charge in [0.15, 0.2) is 5.78 Å². The zero-order valence-corrected chi connectivity index (χ0v) is 14.8. The van der Waals surface area contributed by atoms with Crippen LogP contribution in [0, 0.1) is 19.8 Å². The predicted molar refractivity (Wildman–Crippen MR) is 93.0 cm³/mol. The number of carboxylic acid groups (broad SMARTS) is 1. The lowest BCUT2D eigenvalue weighted by atomic mass is 9.92. The molecule has 128 valence electrons. The second-order valence-electron chi connectivity index (χ2n) is 6.26. The van der Waals surface area contributed by atoms with E-state index in [0.29, 0.717) is 12.1 Å². The van der Waals surface area contributed by atoms with Crippen LogP contribution in [0.5, 0.6) is 0 Å². The van der Waals surface area contributed by atoms with Crippen LogP contribution in [0.2, 0.25) is 0 Å². The Kier molecular flexibility index (Phi) is 7.96. The maximum absolute atomic E-state index is 12.8. The first kappa shape index (κ1) is 19.4. The van der Waals surface area contributed by atoms with Crippen LogP contribution in [-0.4, -0.2) is 41.4 Å². The van der Waals surface area contributed by atoms with Gasteiger partial charge in [-0.1, -0.05) is 26.0 Å². The number of ketones is 1. The number of aliphatic carboxylic acids is 1. The number of hydrogen-bond donors (Lipinski definition) is 1. The molecule has 0 aliphatic rings. The summed E-state index contributed by atoms with van der Waals surface area (Å²) < 4.78 is 0. The van der Waals surface area contributed by atoms with Gasteiger partial charge >= 0.3 is 5.97 Å². The fraction of sp³-hybridized carbons (Fsp3) is 0.579. The van der Waals surface area contributed by atoms with Crippen molar-refractivity contribution in [3.05, 3.63) is 34.9 Å². The van der Waals surface area contributed by atoms with Crippen LogP contribution in [0.15, 0.2) is 18.2 Å². The van der Waals surface area contributed by atoms with E-state index in [1.54, 1.807) is 0 Å². The molecular weight excluding hydrogens is 290 g/mol. The van der Waals surface area contributed by atoms with Gasteiger partial charge in [0, 0.05) is 18.0 Å². The molecule has 1 unspecified atom stereocenters. The van der Waals surface area contributed by atoms with Crippen LogP contribution in [0.4, 0.5) is 0 Å². The number of carboxylic acids is 1. The van der Waals surface area contributed by atoms with Crippen molar-refractivity contribution in [2.24, 2.45) is 5.92 Å². The van der Waals surface area contributed by atoms with Gasteiger partial charge in [-0.15, -0.1) is 0 Å². The second-order valence-corrected chi connectivity index (χ2v) is 6.26. The van der Waals surface area contributed by atoms with Crippen molar-refractivity contribution < 1.29 is 14.7 Å². The van der Waals surface area contributed by atoms with Gasteiger partial charge in [-0.05, 0) is 57.0 Å². The Bertz CT molecular complexity index is 533. The van der Waals surface area contributed by atoms with E-state index in [1.807, 2.05) is 32.0 Å². The lowest BCUT2D eigenvalue weighted by Gasteiger charge is -2.25. The fourth-order valence-corrected chi connectivity index (χ4v) is 2.82. The Hall–Kier alpha value is -1.68. The number of hydrogen-bond acceptors (Lipinski definition) is 3. The van der Waals surface area contributed by atoms with Crippen LogP contribution in [0.25, 0.3) is 0 Å². The molecule has 4 heteroatoms. The van der Waals surface area contributed by atoms with Gasteiger partial charge in [0.2, 0.25) is 0 Å². The van der Waals surface area contributed by atoms with E-state index in [-0.39, 0.29) is 12.2 Å². The summed E-state index contributed by atoms with van der Waals surface area (Å²) >= 11 is 0. The number of benzene rings is 1. The summed E-state index contributed by atoms with van der Waals surface area (Å²) in [5.74, 6) is -1.47. The highest BCUT2D eigenvalue weighted by atomic mass is 16.4. The summed E-state index contributed by atoms with van der Waals surface area (Å²) in [7, 11) is 0. The van der Waals surface area contributed by atoms with E-state index in [4.69, 9.17) is 0 Å². The van der Waals surface area contributed by atoms with E-state index in [2.05, 4.69) is 18.7 Å². The third kappa shape index (κ3) is 6.14. The SMILES string of the molecule is CCCN(CCC)CC(CC(=O)O)C(=O)c1ccc(C)c(C)c1. The van der Waals surface area contributed by atoms with E-state index in [1.165, 1.54) is 0 Å². The van der Waals surface area contributed by atoms with Crippen LogP contribution in [0.1, 0.15) is 54.6 Å². The Labute approximate surface area is 139 Å². The van der Waals surface area contributed by atoms with Crippen molar-refractivity contribution in [3.63, 3.8) is 0 Å². The first-order valence-electron chi connectivity index (χ1n) is 8.44. The van der Waals surface area contributed by atoms with Crippen molar-refractivity contribution in [2.75, 3.05) is 19.6 Å². The Morgan fingerprint density at radius 3 is 2.17 bits per heavy atom. The summed E-state index contributed by atoms with van der Waals surface area (Å²) in [6.07, 6.45) is 1.88. The number of aryl methyl sites for hydroxylation is 2. The highest BCUT2D eigenvalue weighted by Crippen LogP contribution is 2.18. The third-order valence-corrected chi connectivity index (χ3v) is 4.14. The number of nitrogens with zero attached hydrogens (tertiary/aromatic N) is 1. The highest BCUT2D eigenvalue weighted by molar-refractivity contribution is 5.99. The summed E-state index contributed by atoms with van der Waals surface area (Å²) in [5, 5.41) is 9.18. The maximum Gasteiger partial charge on any atom is 0.304 e. The minimum Gasteiger partial charge on any atom is -0.481 e. The minimum absolute atomic E-state index is 0.0623. The van der Waals surface area contributed by atoms with E-state index >= 15 is 0 Å². The molecule has 0 bridgehead atoms. The smallest absolute Gasteiger partial charge is 0.304 e.